The average molecular weight is 462 g/mol. The van der Waals surface area contributed by atoms with Crippen LogP contribution in [0.2, 0.25) is 5.02 Å². The summed E-state index contributed by atoms with van der Waals surface area (Å²) in [6.07, 6.45) is 0.969. The number of nitrogens with one attached hydrogen (secondary N) is 3. The quantitative estimate of drug-likeness (QED) is 0.507. The van der Waals surface area contributed by atoms with E-state index in [1.807, 2.05) is 0 Å². The van der Waals surface area contributed by atoms with Crippen molar-refractivity contribution in [2.45, 2.75) is 0 Å². The predicted molar refractivity (Wildman–Crippen MR) is 119 cm³/mol. The van der Waals surface area contributed by atoms with Gasteiger partial charge in [-0.3, -0.25) is 14.3 Å². The lowest BCUT2D eigenvalue weighted by Gasteiger charge is -2.11. The molecule has 0 aromatic heterocycles. The molecule has 0 aliphatic rings. The first-order valence-corrected chi connectivity index (χ1v) is 11.1. The van der Waals surface area contributed by atoms with Crippen LogP contribution in [-0.4, -0.2) is 26.5 Å². The van der Waals surface area contributed by atoms with Gasteiger partial charge in [0.1, 0.15) is 5.82 Å². The zero-order chi connectivity index (χ0) is 22.6. The van der Waals surface area contributed by atoms with Crippen LogP contribution in [0.1, 0.15) is 20.7 Å². The highest BCUT2D eigenvalue weighted by Gasteiger charge is 2.13. The fourth-order valence-corrected chi connectivity index (χ4v) is 3.44. The Morgan fingerprint density at radius 1 is 0.839 bits per heavy atom. The van der Waals surface area contributed by atoms with Crippen LogP contribution in [0.25, 0.3) is 0 Å². The maximum absolute atomic E-state index is 13.3. The highest BCUT2D eigenvalue weighted by atomic mass is 35.5. The lowest BCUT2D eigenvalue weighted by molar-refractivity contribution is 0.101. The van der Waals surface area contributed by atoms with Crippen molar-refractivity contribution in [2.75, 3.05) is 21.6 Å². The van der Waals surface area contributed by atoms with Crippen LogP contribution < -0.4 is 15.4 Å². The number of rotatable bonds is 6. The third-order valence-corrected chi connectivity index (χ3v) is 4.91. The Morgan fingerprint density at radius 3 is 2.03 bits per heavy atom. The van der Waals surface area contributed by atoms with Crippen LogP contribution in [-0.2, 0) is 10.0 Å². The van der Waals surface area contributed by atoms with Gasteiger partial charge in [0.25, 0.3) is 11.8 Å². The van der Waals surface area contributed by atoms with Crippen LogP contribution in [0.5, 0.6) is 0 Å². The molecule has 3 N–H and O–H groups in total. The van der Waals surface area contributed by atoms with Gasteiger partial charge in [-0.1, -0.05) is 23.7 Å². The van der Waals surface area contributed by atoms with E-state index in [9.17, 15) is 22.4 Å². The Balaban J connectivity index is 1.75. The minimum absolute atomic E-state index is 0.0695. The van der Waals surface area contributed by atoms with Crippen LogP contribution in [0.15, 0.2) is 66.7 Å². The van der Waals surface area contributed by atoms with Crippen molar-refractivity contribution in [1.82, 2.24) is 0 Å². The molecule has 2 amide bonds. The monoisotopic (exact) mass is 461 g/mol. The van der Waals surface area contributed by atoms with Gasteiger partial charge in [-0.2, -0.15) is 0 Å². The summed E-state index contributed by atoms with van der Waals surface area (Å²) in [4.78, 5) is 25.0. The topological polar surface area (TPSA) is 104 Å². The number of sulfonamides is 1. The SMILES string of the molecule is CS(=O)(=O)Nc1cc(C(=O)Nc2cccc(C(=O)Nc3cccc(F)c3)c2)ccc1Cl. The second-order valence-corrected chi connectivity index (χ2v) is 8.72. The number of anilines is 3. The molecule has 0 radical (unpaired) electrons. The summed E-state index contributed by atoms with van der Waals surface area (Å²) < 4.78 is 38.4. The van der Waals surface area contributed by atoms with Crippen molar-refractivity contribution < 1.29 is 22.4 Å². The number of hydrogen-bond acceptors (Lipinski definition) is 4. The van der Waals surface area contributed by atoms with Gasteiger partial charge in [0, 0.05) is 22.5 Å². The minimum Gasteiger partial charge on any atom is -0.322 e. The molecule has 0 aliphatic carbocycles. The molecule has 0 aliphatic heterocycles. The van der Waals surface area contributed by atoms with Gasteiger partial charge >= 0.3 is 0 Å². The van der Waals surface area contributed by atoms with E-state index in [1.54, 1.807) is 24.3 Å². The second-order valence-electron chi connectivity index (χ2n) is 6.57. The molecule has 3 aromatic carbocycles. The Kier molecular flexibility index (Phi) is 6.57. The van der Waals surface area contributed by atoms with Crippen molar-refractivity contribution >= 4 is 50.5 Å². The zero-order valence-corrected chi connectivity index (χ0v) is 17.7. The first-order chi connectivity index (χ1) is 14.6. The molecule has 0 fully saturated rings. The van der Waals surface area contributed by atoms with E-state index in [2.05, 4.69) is 15.4 Å². The molecule has 160 valence electrons. The molecular formula is C21H17ClFN3O4S. The number of hydrogen-bond donors (Lipinski definition) is 3. The maximum Gasteiger partial charge on any atom is 0.255 e. The summed E-state index contributed by atoms with van der Waals surface area (Å²) in [7, 11) is -3.58. The van der Waals surface area contributed by atoms with Crippen molar-refractivity contribution in [3.8, 4) is 0 Å². The predicted octanol–water partition coefficient (Wildman–Crippen LogP) is 4.36. The Hall–Kier alpha value is -3.43. The molecule has 0 bridgehead atoms. The summed E-state index contributed by atoms with van der Waals surface area (Å²) in [5.41, 5.74) is 1.11. The highest BCUT2D eigenvalue weighted by molar-refractivity contribution is 7.92. The Bertz CT molecular complexity index is 1260. The van der Waals surface area contributed by atoms with Gasteiger partial charge in [-0.25, -0.2) is 12.8 Å². The molecule has 0 spiro atoms. The van der Waals surface area contributed by atoms with E-state index in [0.29, 0.717) is 11.4 Å². The molecule has 0 heterocycles. The van der Waals surface area contributed by atoms with E-state index in [-0.39, 0.29) is 21.8 Å². The zero-order valence-electron chi connectivity index (χ0n) is 16.1. The molecule has 0 atom stereocenters. The van der Waals surface area contributed by atoms with Crippen LogP contribution >= 0.6 is 11.6 Å². The lowest BCUT2D eigenvalue weighted by Crippen LogP contribution is -2.15. The summed E-state index contributed by atoms with van der Waals surface area (Å²) >= 11 is 5.97. The van der Waals surface area contributed by atoms with Crippen LogP contribution in [0.3, 0.4) is 0 Å². The number of carbonyl (C=O) groups excluding carboxylic acids is 2. The molecule has 0 unspecified atom stereocenters. The van der Waals surface area contributed by atoms with E-state index in [4.69, 9.17) is 11.6 Å². The smallest absolute Gasteiger partial charge is 0.255 e. The van der Waals surface area contributed by atoms with Gasteiger partial charge in [0.05, 0.1) is 17.0 Å². The Labute approximate surface area is 183 Å². The molecule has 3 rings (SSSR count). The molecule has 0 saturated heterocycles. The van der Waals surface area contributed by atoms with Crippen molar-refractivity contribution in [3.05, 3.63) is 88.7 Å². The third-order valence-electron chi connectivity index (χ3n) is 3.99. The highest BCUT2D eigenvalue weighted by Crippen LogP contribution is 2.24. The maximum atomic E-state index is 13.3. The molecule has 31 heavy (non-hydrogen) atoms. The number of carbonyl (C=O) groups is 2. The van der Waals surface area contributed by atoms with Gasteiger partial charge in [0.15, 0.2) is 0 Å². The molecule has 0 saturated carbocycles. The van der Waals surface area contributed by atoms with Gasteiger partial charge in [-0.15, -0.1) is 0 Å². The van der Waals surface area contributed by atoms with Gasteiger partial charge in [-0.05, 0) is 54.6 Å². The molecule has 10 heteroatoms. The average Bonchev–Trinajstić information content (AvgIpc) is 2.69. The van der Waals surface area contributed by atoms with E-state index >= 15 is 0 Å². The molecule has 3 aromatic rings. The van der Waals surface area contributed by atoms with Crippen LogP contribution in [0, 0.1) is 5.82 Å². The Morgan fingerprint density at radius 2 is 1.42 bits per heavy atom. The van der Waals surface area contributed by atoms with Crippen molar-refractivity contribution in [3.63, 3.8) is 0 Å². The summed E-state index contributed by atoms with van der Waals surface area (Å²) in [5.74, 6) is -1.49. The number of halogens is 2. The summed E-state index contributed by atoms with van der Waals surface area (Å²) in [6, 6.07) is 15.8. The first kappa shape index (κ1) is 22.3. The minimum atomic E-state index is -3.58. The fourth-order valence-electron chi connectivity index (χ4n) is 2.66. The second kappa shape index (κ2) is 9.15. The summed E-state index contributed by atoms with van der Waals surface area (Å²) in [5, 5.41) is 5.35. The summed E-state index contributed by atoms with van der Waals surface area (Å²) in [6.45, 7) is 0. The third kappa shape index (κ3) is 6.27. The van der Waals surface area contributed by atoms with E-state index in [1.165, 1.54) is 42.5 Å². The standard InChI is InChI=1S/C21H17ClFN3O4S/c1-31(29,30)26-19-11-14(8-9-18(19)22)21(28)24-16-6-2-4-13(10-16)20(27)25-17-7-3-5-15(23)12-17/h2-12,26H,1H3,(H,24,28)(H,25,27). The fraction of sp³-hybridized carbons (Fsp3) is 0.0476. The van der Waals surface area contributed by atoms with E-state index in [0.717, 1.165) is 6.26 Å². The van der Waals surface area contributed by atoms with Crippen molar-refractivity contribution in [2.24, 2.45) is 0 Å². The van der Waals surface area contributed by atoms with Gasteiger partial charge in [0.2, 0.25) is 10.0 Å². The largest absolute Gasteiger partial charge is 0.322 e. The van der Waals surface area contributed by atoms with Crippen molar-refractivity contribution in [1.29, 1.82) is 0 Å². The number of benzene rings is 3. The molecule has 7 nitrogen and oxygen atoms in total. The lowest BCUT2D eigenvalue weighted by atomic mass is 10.1. The van der Waals surface area contributed by atoms with E-state index < -0.39 is 27.7 Å². The van der Waals surface area contributed by atoms with Gasteiger partial charge < -0.3 is 10.6 Å². The van der Waals surface area contributed by atoms with Crippen LogP contribution in [0.4, 0.5) is 21.5 Å². The first-order valence-electron chi connectivity index (χ1n) is 8.86. The molecular weight excluding hydrogens is 445 g/mol. The number of amides is 2. The normalized spacial score (nSPS) is 10.9.